The summed E-state index contributed by atoms with van der Waals surface area (Å²) in [6.07, 6.45) is 2.41. The van der Waals surface area contributed by atoms with E-state index in [0.717, 1.165) is 17.7 Å². The lowest BCUT2D eigenvalue weighted by molar-refractivity contribution is -0.121. The first-order valence-electron chi connectivity index (χ1n) is 10.8. The highest BCUT2D eigenvalue weighted by molar-refractivity contribution is 7.10. The Morgan fingerprint density at radius 1 is 1.29 bits per heavy atom. The molecule has 3 heterocycles. The van der Waals surface area contributed by atoms with Gasteiger partial charge in [0, 0.05) is 30.8 Å². The van der Waals surface area contributed by atoms with E-state index < -0.39 is 11.2 Å². The highest BCUT2D eigenvalue weighted by Crippen LogP contribution is 2.17. The molecule has 0 aliphatic rings. The molecule has 0 unspecified atom stereocenters. The molecule has 0 atom stereocenters. The first-order valence-corrected chi connectivity index (χ1v) is 11.7. The number of aromatic amines is 1. The normalized spacial score (nSPS) is 11.5. The number of hydrogen-bond donors (Lipinski definition) is 2. The van der Waals surface area contributed by atoms with Crippen LogP contribution in [0.15, 0.2) is 21.0 Å². The minimum Gasteiger partial charge on any atom is -0.351 e. The number of hydrogen-bond acceptors (Lipinski definition) is 5. The average Bonchev–Trinajstić information content (AvgIpc) is 3.27. The van der Waals surface area contributed by atoms with Gasteiger partial charge in [-0.25, -0.2) is 9.78 Å². The van der Waals surface area contributed by atoms with Crippen molar-refractivity contribution in [2.75, 3.05) is 0 Å². The van der Waals surface area contributed by atoms with Crippen molar-refractivity contribution < 1.29 is 4.79 Å². The van der Waals surface area contributed by atoms with Crippen molar-refractivity contribution in [1.29, 1.82) is 0 Å². The number of aromatic nitrogens is 4. The third-order valence-electron chi connectivity index (χ3n) is 5.24. The van der Waals surface area contributed by atoms with Crippen molar-refractivity contribution in [3.8, 4) is 0 Å². The van der Waals surface area contributed by atoms with Gasteiger partial charge in [-0.3, -0.25) is 19.1 Å². The number of amides is 1. The SMILES string of the molecule is CCCCn1c(=O)[nH]c(=O)c2c1nc(CCC(=O)NCc1sccc1C)n2CC(C)C. The maximum Gasteiger partial charge on any atom is 0.330 e. The number of H-pyrrole nitrogens is 1. The van der Waals surface area contributed by atoms with Crippen molar-refractivity contribution in [2.24, 2.45) is 5.92 Å². The van der Waals surface area contributed by atoms with Crippen LogP contribution in [0, 0.1) is 12.8 Å². The zero-order valence-corrected chi connectivity index (χ0v) is 19.5. The standard InChI is InChI=1S/C22H31N5O3S/c1-5-6-10-26-20-19(21(29)25-22(26)30)27(13-14(2)3)17(24-20)7-8-18(28)23-12-16-15(4)9-11-31-16/h9,11,14H,5-8,10,12-13H2,1-4H3,(H,23,28)(H,25,29,30). The van der Waals surface area contributed by atoms with E-state index in [9.17, 15) is 14.4 Å². The summed E-state index contributed by atoms with van der Waals surface area (Å²) in [5, 5.41) is 4.98. The molecule has 168 valence electrons. The van der Waals surface area contributed by atoms with Gasteiger partial charge in [-0.1, -0.05) is 27.2 Å². The number of aryl methyl sites for hydroxylation is 3. The molecule has 3 rings (SSSR count). The number of nitrogens with one attached hydrogen (secondary N) is 2. The predicted octanol–water partition coefficient (Wildman–Crippen LogP) is 2.96. The molecule has 0 spiro atoms. The molecule has 3 aromatic heterocycles. The molecule has 0 saturated heterocycles. The third kappa shape index (κ3) is 5.33. The number of unbranched alkanes of at least 4 members (excludes halogenated alkanes) is 1. The smallest absolute Gasteiger partial charge is 0.330 e. The average molecular weight is 446 g/mol. The summed E-state index contributed by atoms with van der Waals surface area (Å²) in [5.74, 6) is 0.878. The summed E-state index contributed by atoms with van der Waals surface area (Å²) < 4.78 is 3.41. The van der Waals surface area contributed by atoms with E-state index in [-0.39, 0.29) is 18.2 Å². The molecule has 31 heavy (non-hydrogen) atoms. The lowest BCUT2D eigenvalue weighted by Gasteiger charge is -2.11. The summed E-state index contributed by atoms with van der Waals surface area (Å²) in [4.78, 5) is 45.7. The zero-order chi connectivity index (χ0) is 22.5. The largest absolute Gasteiger partial charge is 0.351 e. The Bertz CT molecular complexity index is 1170. The summed E-state index contributed by atoms with van der Waals surface area (Å²) in [5.41, 5.74) is 1.13. The van der Waals surface area contributed by atoms with E-state index in [1.165, 1.54) is 5.56 Å². The van der Waals surface area contributed by atoms with Crippen LogP contribution < -0.4 is 16.6 Å². The van der Waals surface area contributed by atoms with Gasteiger partial charge in [0.25, 0.3) is 5.56 Å². The molecule has 0 bridgehead atoms. The van der Waals surface area contributed by atoms with E-state index in [4.69, 9.17) is 0 Å². The molecule has 8 nitrogen and oxygen atoms in total. The Balaban J connectivity index is 1.87. The minimum atomic E-state index is -0.434. The van der Waals surface area contributed by atoms with E-state index in [2.05, 4.69) is 29.1 Å². The Morgan fingerprint density at radius 3 is 2.71 bits per heavy atom. The molecule has 9 heteroatoms. The van der Waals surface area contributed by atoms with Gasteiger partial charge in [0.1, 0.15) is 5.82 Å². The Kier molecular flexibility index (Phi) is 7.48. The molecular weight excluding hydrogens is 414 g/mol. The van der Waals surface area contributed by atoms with E-state index in [1.54, 1.807) is 15.9 Å². The molecule has 0 radical (unpaired) electrons. The second-order valence-electron chi connectivity index (χ2n) is 8.27. The topological polar surface area (TPSA) is 102 Å². The monoisotopic (exact) mass is 445 g/mol. The molecular formula is C22H31N5O3S. The molecule has 0 aromatic carbocycles. The van der Waals surface area contributed by atoms with Gasteiger partial charge in [-0.05, 0) is 36.3 Å². The highest BCUT2D eigenvalue weighted by Gasteiger charge is 2.19. The molecule has 0 fully saturated rings. The van der Waals surface area contributed by atoms with Crippen LogP contribution >= 0.6 is 11.3 Å². The summed E-state index contributed by atoms with van der Waals surface area (Å²) >= 11 is 1.63. The van der Waals surface area contributed by atoms with Gasteiger partial charge >= 0.3 is 5.69 Å². The number of carbonyl (C=O) groups is 1. The van der Waals surface area contributed by atoms with Crippen molar-refractivity contribution in [3.63, 3.8) is 0 Å². The van der Waals surface area contributed by atoms with Crippen LogP contribution in [0.2, 0.25) is 0 Å². The van der Waals surface area contributed by atoms with Crippen molar-refractivity contribution in [3.05, 3.63) is 48.5 Å². The van der Waals surface area contributed by atoms with Gasteiger partial charge in [0.2, 0.25) is 5.91 Å². The van der Waals surface area contributed by atoms with Crippen LogP contribution in [0.25, 0.3) is 11.2 Å². The third-order valence-corrected chi connectivity index (χ3v) is 6.26. The number of imidazole rings is 1. The molecule has 0 saturated carbocycles. The second-order valence-corrected chi connectivity index (χ2v) is 9.27. The second kappa shape index (κ2) is 10.1. The number of fused-ring (bicyclic) bond motifs is 1. The summed E-state index contributed by atoms with van der Waals surface area (Å²) in [6, 6.07) is 2.04. The van der Waals surface area contributed by atoms with Gasteiger partial charge in [0.05, 0.1) is 6.54 Å². The molecule has 0 aliphatic carbocycles. The number of rotatable bonds is 10. The van der Waals surface area contributed by atoms with Crippen molar-refractivity contribution in [1.82, 2.24) is 24.4 Å². The quantitative estimate of drug-likeness (QED) is 0.501. The van der Waals surface area contributed by atoms with Crippen molar-refractivity contribution in [2.45, 2.75) is 73.0 Å². The maximum atomic E-state index is 12.6. The molecule has 3 aromatic rings. The number of carbonyl (C=O) groups excluding carboxylic acids is 1. The highest BCUT2D eigenvalue weighted by atomic mass is 32.1. The zero-order valence-electron chi connectivity index (χ0n) is 18.7. The number of nitrogens with zero attached hydrogens (tertiary/aromatic N) is 3. The lowest BCUT2D eigenvalue weighted by atomic mass is 10.2. The fraction of sp³-hybridized carbons (Fsp3) is 0.545. The summed E-state index contributed by atoms with van der Waals surface area (Å²) in [6.45, 7) is 9.81. The lowest BCUT2D eigenvalue weighted by Crippen LogP contribution is -2.31. The first-order chi connectivity index (χ1) is 14.8. The first kappa shape index (κ1) is 23.0. The van der Waals surface area contributed by atoms with Gasteiger partial charge in [-0.15, -0.1) is 11.3 Å². The maximum absolute atomic E-state index is 12.6. The van der Waals surface area contributed by atoms with Crippen LogP contribution in [0.4, 0.5) is 0 Å². The number of thiophene rings is 1. The van der Waals surface area contributed by atoms with Crippen LogP contribution in [0.5, 0.6) is 0 Å². The predicted molar refractivity (Wildman–Crippen MR) is 124 cm³/mol. The Hall–Kier alpha value is -2.68. The van der Waals surface area contributed by atoms with Crippen LogP contribution in [-0.2, 0) is 30.8 Å². The van der Waals surface area contributed by atoms with Crippen LogP contribution in [0.3, 0.4) is 0 Å². The van der Waals surface area contributed by atoms with Crippen molar-refractivity contribution >= 4 is 28.4 Å². The Morgan fingerprint density at radius 2 is 2.06 bits per heavy atom. The molecule has 1 amide bonds. The van der Waals surface area contributed by atoms with E-state index >= 15 is 0 Å². The Labute approximate surface area is 185 Å². The fourth-order valence-electron chi connectivity index (χ4n) is 3.57. The van der Waals surface area contributed by atoms with E-state index in [1.807, 2.05) is 29.9 Å². The molecule has 0 aliphatic heterocycles. The summed E-state index contributed by atoms with van der Waals surface area (Å²) in [7, 11) is 0. The molecule has 2 N–H and O–H groups in total. The minimum absolute atomic E-state index is 0.0618. The fourth-order valence-corrected chi connectivity index (χ4v) is 4.42. The van der Waals surface area contributed by atoms with E-state index in [0.29, 0.717) is 43.0 Å². The van der Waals surface area contributed by atoms with Gasteiger partial charge in [-0.2, -0.15) is 0 Å². The van der Waals surface area contributed by atoms with Crippen LogP contribution in [0.1, 0.15) is 56.3 Å². The van der Waals surface area contributed by atoms with Crippen LogP contribution in [-0.4, -0.2) is 25.0 Å². The van der Waals surface area contributed by atoms with Gasteiger partial charge < -0.3 is 9.88 Å². The van der Waals surface area contributed by atoms with Gasteiger partial charge in [0.15, 0.2) is 11.2 Å².